The summed E-state index contributed by atoms with van der Waals surface area (Å²) in [6.07, 6.45) is 1.68. The summed E-state index contributed by atoms with van der Waals surface area (Å²) in [6.45, 7) is 0.610. The molecule has 0 aliphatic carbocycles. The van der Waals surface area contributed by atoms with Gasteiger partial charge in [-0.15, -0.1) is 0 Å². The highest BCUT2D eigenvalue weighted by Crippen LogP contribution is 2.36. The fourth-order valence-corrected chi connectivity index (χ4v) is 3.80. The first kappa shape index (κ1) is 21.0. The molecule has 0 saturated carbocycles. The van der Waals surface area contributed by atoms with Crippen molar-refractivity contribution in [3.8, 4) is 16.9 Å². The fraction of sp³-hybridized carbons (Fsp3) is 0.115. The van der Waals surface area contributed by atoms with E-state index in [-0.39, 0.29) is 18.3 Å². The third-order valence-electron chi connectivity index (χ3n) is 5.19. The summed E-state index contributed by atoms with van der Waals surface area (Å²) < 4.78 is 21.0. The van der Waals surface area contributed by atoms with Gasteiger partial charge in [0.25, 0.3) is 0 Å². The molecule has 0 fully saturated rings. The van der Waals surface area contributed by atoms with Gasteiger partial charge in [-0.1, -0.05) is 66.2 Å². The number of ether oxygens (including phenoxy) is 1. The number of hydrogen-bond donors (Lipinski definition) is 1. The van der Waals surface area contributed by atoms with Gasteiger partial charge in [0.2, 0.25) is 0 Å². The Morgan fingerprint density at radius 2 is 1.68 bits per heavy atom. The maximum Gasteiger partial charge on any atom is 0.172 e. The monoisotopic (exact) mass is 432 g/mol. The van der Waals surface area contributed by atoms with Gasteiger partial charge in [-0.3, -0.25) is 4.98 Å². The molecule has 0 spiro atoms. The first-order valence-corrected chi connectivity index (χ1v) is 10.4. The molecule has 3 nitrogen and oxygen atoms in total. The molecule has 1 unspecified atom stereocenters. The maximum atomic E-state index is 15.3. The molecule has 0 aliphatic heterocycles. The zero-order valence-electron chi connectivity index (χ0n) is 16.8. The van der Waals surface area contributed by atoms with Gasteiger partial charge in [-0.25, -0.2) is 4.39 Å². The fourth-order valence-electron chi connectivity index (χ4n) is 3.58. The predicted molar refractivity (Wildman–Crippen MR) is 123 cm³/mol. The van der Waals surface area contributed by atoms with E-state index < -0.39 is 5.82 Å². The van der Waals surface area contributed by atoms with Crippen molar-refractivity contribution in [3.63, 3.8) is 0 Å². The highest BCUT2D eigenvalue weighted by molar-refractivity contribution is 6.33. The lowest BCUT2D eigenvalue weighted by atomic mass is 9.89. The van der Waals surface area contributed by atoms with Crippen LogP contribution in [0, 0.1) is 5.82 Å². The number of aromatic nitrogens is 1. The Hall–Kier alpha value is -3.21. The van der Waals surface area contributed by atoms with Crippen molar-refractivity contribution >= 4 is 11.6 Å². The van der Waals surface area contributed by atoms with E-state index in [1.807, 2.05) is 60.7 Å². The summed E-state index contributed by atoms with van der Waals surface area (Å²) in [5.74, 6) is -0.312. The SMILES string of the molecule is NCC(c1ccccc1)c1ccc(Cl)c(-c2cccc(OCc3ccccn3)c2F)c1. The summed E-state index contributed by atoms with van der Waals surface area (Å²) in [7, 11) is 0. The zero-order valence-corrected chi connectivity index (χ0v) is 17.6. The lowest BCUT2D eigenvalue weighted by Gasteiger charge is -2.18. The van der Waals surface area contributed by atoms with E-state index >= 15 is 4.39 Å². The minimum Gasteiger partial charge on any atom is -0.484 e. The van der Waals surface area contributed by atoms with Gasteiger partial charge in [0.1, 0.15) is 6.61 Å². The second kappa shape index (κ2) is 9.73. The average Bonchev–Trinajstić information content (AvgIpc) is 2.81. The smallest absolute Gasteiger partial charge is 0.172 e. The first-order chi connectivity index (χ1) is 15.2. The van der Waals surface area contributed by atoms with Gasteiger partial charge in [0.05, 0.1) is 5.69 Å². The van der Waals surface area contributed by atoms with Crippen molar-refractivity contribution in [2.75, 3.05) is 6.54 Å². The molecule has 3 aromatic carbocycles. The number of benzene rings is 3. The zero-order chi connectivity index (χ0) is 21.6. The number of nitrogens with zero attached hydrogens (tertiary/aromatic N) is 1. The molecule has 1 heterocycles. The third-order valence-corrected chi connectivity index (χ3v) is 5.52. The Kier molecular flexibility index (Phi) is 6.60. The van der Waals surface area contributed by atoms with Gasteiger partial charge in [-0.05, 0) is 41.5 Å². The standard InChI is InChI=1S/C26H22ClFN2O/c27-24-13-12-19(23(16-29)18-7-2-1-3-8-18)15-22(24)21-10-6-11-25(26(21)28)31-17-20-9-4-5-14-30-20/h1-15,23H,16-17,29H2. The predicted octanol–water partition coefficient (Wildman–Crippen LogP) is 6.21. The Bertz CT molecular complexity index is 1150. The van der Waals surface area contributed by atoms with Crippen LogP contribution in [0.25, 0.3) is 11.1 Å². The van der Waals surface area contributed by atoms with Crippen LogP contribution in [0.4, 0.5) is 4.39 Å². The molecule has 1 atom stereocenters. The molecule has 0 amide bonds. The van der Waals surface area contributed by atoms with Crippen molar-refractivity contribution in [2.45, 2.75) is 12.5 Å². The summed E-state index contributed by atoms with van der Waals surface area (Å²) in [4.78, 5) is 4.21. The molecular weight excluding hydrogens is 411 g/mol. The van der Waals surface area contributed by atoms with E-state index in [2.05, 4.69) is 4.98 Å². The molecule has 31 heavy (non-hydrogen) atoms. The number of rotatable bonds is 7. The Morgan fingerprint density at radius 3 is 2.42 bits per heavy atom. The molecule has 0 saturated heterocycles. The van der Waals surface area contributed by atoms with Gasteiger partial charge >= 0.3 is 0 Å². The molecule has 4 aromatic rings. The quantitative estimate of drug-likeness (QED) is 0.377. The van der Waals surface area contributed by atoms with Crippen LogP contribution in [0.3, 0.4) is 0 Å². The second-order valence-corrected chi connectivity index (χ2v) is 7.57. The topological polar surface area (TPSA) is 48.1 Å². The van der Waals surface area contributed by atoms with Crippen LogP contribution in [-0.4, -0.2) is 11.5 Å². The molecular formula is C26H22ClFN2O. The van der Waals surface area contributed by atoms with E-state index in [0.717, 1.165) is 16.8 Å². The maximum absolute atomic E-state index is 15.3. The van der Waals surface area contributed by atoms with Crippen molar-refractivity contribution < 1.29 is 9.13 Å². The average molecular weight is 433 g/mol. The molecule has 5 heteroatoms. The Labute approximate surface area is 186 Å². The van der Waals surface area contributed by atoms with Crippen molar-refractivity contribution in [3.05, 3.63) is 119 Å². The number of nitrogens with two attached hydrogens (primary N) is 1. The molecule has 0 bridgehead atoms. The van der Waals surface area contributed by atoms with Gasteiger partial charge in [0.15, 0.2) is 11.6 Å². The lowest BCUT2D eigenvalue weighted by Crippen LogP contribution is -2.13. The number of halogens is 2. The van der Waals surface area contributed by atoms with Crippen LogP contribution in [0.15, 0.2) is 91.1 Å². The minimum absolute atomic E-state index is 0.0103. The molecule has 4 rings (SSSR count). The minimum atomic E-state index is -0.457. The third kappa shape index (κ3) is 4.76. The number of hydrogen-bond acceptors (Lipinski definition) is 3. The van der Waals surface area contributed by atoms with E-state index in [1.165, 1.54) is 0 Å². The summed E-state index contributed by atoms with van der Waals surface area (Å²) in [5, 5.41) is 0.466. The van der Waals surface area contributed by atoms with Crippen LogP contribution in [-0.2, 0) is 6.61 Å². The van der Waals surface area contributed by atoms with E-state index in [0.29, 0.717) is 22.7 Å². The van der Waals surface area contributed by atoms with Crippen molar-refractivity contribution in [1.82, 2.24) is 4.98 Å². The second-order valence-electron chi connectivity index (χ2n) is 7.17. The Balaban J connectivity index is 1.67. The van der Waals surface area contributed by atoms with Crippen LogP contribution < -0.4 is 10.5 Å². The number of pyridine rings is 1. The Morgan fingerprint density at radius 1 is 0.871 bits per heavy atom. The molecule has 1 aromatic heterocycles. The van der Waals surface area contributed by atoms with Crippen LogP contribution >= 0.6 is 11.6 Å². The normalized spacial score (nSPS) is 11.8. The highest BCUT2D eigenvalue weighted by Gasteiger charge is 2.18. The van der Waals surface area contributed by atoms with E-state index in [1.54, 1.807) is 30.5 Å². The van der Waals surface area contributed by atoms with Gasteiger partial charge in [-0.2, -0.15) is 0 Å². The molecule has 0 radical (unpaired) electrons. The summed E-state index contributed by atoms with van der Waals surface area (Å²) in [6, 6.07) is 26.2. The van der Waals surface area contributed by atoms with E-state index in [4.69, 9.17) is 22.1 Å². The van der Waals surface area contributed by atoms with Gasteiger partial charge in [0, 0.05) is 34.8 Å². The van der Waals surface area contributed by atoms with Crippen LogP contribution in [0.2, 0.25) is 5.02 Å². The van der Waals surface area contributed by atoms with Crippen LogP contribution in [0.5, 0.6) is 5.75 Å². The van der Waals surface area contributed by atoms with Crippen molar-refractivity contribution in [1.29, 1.82) is 0 Å². The largest absolute Gasteiger partial charge is 0.484 e. The van der Waals surface area contributed by atoms with Gasteiger partial charge < -0.3 is 10.5 Å². The highest BCUT2D eigenvalue weighted by atomic mass is 35.5. The van der Waals surface area contributed by atoms with Crippen molar-refractivity contribution in [2.24, 2.45) is 5.73 Å². The molecule has 2 N–H and O–H groups in total. The summed E-state index contributed by atoms with van der Waals surface area (Å²) >= 11 is 6.47. The van der Waals surface area contributed by atoms with Crippen LogP contribution in [0.1, 0.15) is 22.7 Å². The first-order valence-electron chi connectivity index (χ1n) is 10.0. The molecule has 0 aliphatic rings. The lowest BCUT2D eigenvalue weighted by molar-refractivity contribution is 0.286. The summed E-state index contributed by atoms with van der Waals surface area (Å²) in [5.41, 5.74) is 9.87. The molecule has 156 valence electrons. The van der Waals surface area contributed by atoms with E-state index in [9.17, 15) is 0 Å².